The lowest BCUT2D eigenvalue weighted by Gasteiger charge is -2.32. The van der Waals surface area contributed by atoms with Crippen molar-refractivity contribution in [3.63, 3.8) is 0 Å². The molecule has 0 saturated heterocycles. The maximum absolute atomic E-state index is 12.3. The fourth-order valence-corrected chi connectivity index (χ4v) is 1.84. The van der Waals surface area contributed by atoms with Crippen LogP contribution >= 0.6 is 0 Å². The predicted octanol–water partition coefficient (Wildman–Crippen LogP) is 1.95. The average Bonchev–Trinajstić information content (AvgIpc) is 2.34. The molecule has 1 aromatic carbocycles. The zero-order valence-corrected chi connectivity index (χ0v) is 12.2. The van der Waals surface area contributed by atoms with Gasteiger partial charge in [0.15, 0.2) is 17.4 Å². The van der Waals surface area contributed by atoms with E-state index in [1.807, 2.05) is 20.8 Å². The number of carbonyl (C=O) groups excluding carboxylic acids is 2. The highest BCUT2D eigenvalue weighted by Gasteiger charge is 2.25. The lowest BCUT2D eigenvalue weighted by Crippen LogP contribution is -2.42. The van der Waals surface area contributed by atoms with Crippen LogP contribution in [0.5, 0.6) is 0 Å². The molecule has 1 aromatic rings. The van der Waals surface area contributed by atoms with Crippen molar-refractivity contribution in [1.29, 1.82) is 0 Å². The minimum atomic E-state index is -2.17. The summed E-state index contributed by atoms with van der Waals surface area (Å²) in [5.74, 6) is -0.301. The molecular weight excluding hydrogens is 266 g/mol. The second-order valence-electron chi connectivity index (χ2n) is 5.15. The van der Waals surface area contributed by atoms with E-state index in [-0.39, 0.29) is 27.5 Å². The summed E-state index contributed by atoms with van der Waals surface area (Å²) in [6.45, 7) is 5.63. The molecule has 0 aliphatic heterocycles. The van der Waals surface area contributed by atoms with E-state index >= 15 is 0 Å². The van der Waals surface area contributed by atoms with Crippen molar-refractivity contribution in [3.05, 3.63) is 29.3 Å². The summed E-state index contributed by atoms with van der Waals surface area (Å²) >= 11 is -2.17. The number of nitrogens with zero attached hydrogens (tertiary/aromatic N) is 1. The Kier molecular flexibility index (Phi) is 4.60. The summed E-state index contributed by atoms with van der Waals surface area (Å²) in [6, 6.07) is 4.03. The van der Waals surface area contributed by atoms with Crippen molar-refractivity contribution in [2.24, 2.45) is 0 Å². The molecule has 0 aliphatic carbocycles. The first-order valence-corrected chi connectivity index (χ1v) is 6.77. The smallest absolute Gasteiger partial charge is 0.254 e. The van der Waals surface area contributed by atoms with E-state index in [0.29, 0.717) is 6.29 Å². The Morgan fingerprint density at radius 1 is 1.37 bits per heavy atom. The maximum Gasteiger partial charge on any atom is 0.254 e. The van der Waals surface area contributed by atoms with Crippen molar-refractivity contribution in [1.82, 2.24) is 4.90 Å². The predicted molar refractivity (Wildman–Crippen MR) is 72.7 cm³/mol. The van der Waals surface area contributed by atoms with Gasteiger partial charge in [-0.1, -0.05) is 0 Å². The average molecular weight is 283 g/mol. The molecule has 0 heterocycles. The third-order valence-corrected chi connectivity index (χ3v) is 3.55. The fraction of sp³-hybridized carbons (Fsp3) is 0.385. The molecule has 0 fully saturated rings. The van der Waals surface area contributed by atoms with Crippen molar-refractivity contribution in [3.8, 4) is 0 Å². The van der Waals surface area contributed by atoms with Crippen LogP contribution in [0, 0.1) is 0 Å². The molecule has 1 unspecified atom stereocenters. The monoisotopic (exact) mass is 283 g/mol. The Morgan fingerprint density at radius 3 is 2.37 bits per heavy atom. The second-order valence-corrected chi connectivity index (χ2v) is 6.12. The van der Waals surface area contributed by atoms with Gasteiger partial charge >= 0.3 is 0 Å². The maximum atomic E-state index is 12.3. The largest absolute Gasteiger partial charge is 0.337 e. The Balaban J connectivity index is 3.25. The van der Waals surface area contributed by atoms with E-state index in [2.05, 4.69) is 0 Å². The molecule has 1 N–H and O–H groups in total. The molecule has 0 spiro atoms. The number of carbonyl (C=O) groups is 2. The molecule has 0 bridgehead atoms. The van der Waals surface area contributed by atoms with Gasteiger partial charge in [-0.15, -0.1) is 0 Å². The molecule has 19 heavy (non-hydrogen) atoms. The second kappa shape index (κ2) is 5.63. The molecular formula is C13H17NO4S. The van der Waals surface area contributed by atoms with Gasteiger partial charge in [0, 0.05) is 18.2 Å². The van der Waals surface area contributed by atoms with Gasteiger partial charge in [0.1, 0.15) is 0 Å². The molecule has 0 aliphatic rings. The van der Waals surface area contributed by atoms with Crippen LogP contribution in [-0.2, 0) is 11.1 Å². The van der Waals surface area contributed by atoms with Crippen molar-refractivity contribution in [2.75, 3.05) is 7.05 Å². The molecule has 6 heteroatoms. The molecule has 1 amide bonds. The van der Waals surface area contributed by atoms with Gasteiger partial charge in [-0.25, -0.2) is 4.21 Å². The lowest BCUT2D eigenvalue weighted by molar-refractivity contribution is 0.0653. The first kappa shape index (κ1) is 15.5. The molecule has 5 nitrogen and oxygen atoms in total. The first-order valence-electron chi connectivity index (χ1n) is 5.66. The van der Waals surface area contributed by atoms with Gasteiger partial charge in [0.05, 0.1) is 10.5 Å². The van der Waals surface area contributed by atoms with Crippen LogP contribution < -0.4 is 0 Å². The topological polar surface area (TPSA) is 74.7 Å². The van der Waals surface area contributed by atoms with E-state index in [9.17, 15) is 13.8 Å². The Bertz CT molecular complexity index is 534. The van der Waals surface area contributed by atoms with E-state index in [0.717, 1.165) is 0 Å². The highest BCUT2D eigenvalue weighted by Crippen LogP contribution is 2.19. The standard InChI is InChI=1S/C13H17NO4S/c1-13(2,3)14(4)12(16)11-6-5-10(19(17)18)7-9(11)8-15/h5-8H,1-4H3,(H,17,18). The van der Waals surface area contributed by atoms with Gasteiger partial charge in [0.2, 0.25) is 0 Å². The van der Waals surface area contributed by atoms with Crippen LogP contribution in [0.2, 0.25) is 0 Å². The summed E-state index contributed by atoms with van der Waals surface area (Å²) in [4.78, 5) is 24.9. The summed E-state index contributed by atoms with van der Waals surface area (Å²) in [5, 5.41) is 0. The highest BCUT2D eigenvalue weighted by atomic mass is 32.2. The number of amides is 1. The number of rotatable bonds is 3. The van der Waals surface area contributed by atoms with E-state index in [1.54, 1.807) is 7.05 Å². The highest BCUT2D eigenvalue weighted by molar-refractivity contribution is 7.79. The fourth-order valence-electron chi connectivity index (χ4n) is 1.43. The normalized spacial score (nSPS) is 12.9. The lowest BCUT2D eigenvalue weighted by atomic mass is 10.0. The third kappa shape index (κ3) is 3.48. The van der Waals surface area contributed by atoms with E-state index in [1.165, 1.54) is 23.1 Å². The summed E-state index contributed by atoms with van der Waals surface area (Å²) in [6.07, 6.45) is 0.514. The molecule has 0 radical (unpaired) electrons. The summed E-state index contributed by atoms with van der Waals surface area (Å²) in [5.41, 5.74) is -0.0435. The van der Waals surface area contributed by atoms with Crippen LogP contribution in [0.3, 0.4) is 0 Å². The van der Waals surface area contributed by atoms with E-state index < -0.39 is 11.1 Å². The Hall–Kier alpha value is -1.53. The van der Waals surface area contributed by atoms with Crippen LogP contribution in [0.4, 0.5) is 0 Å². The number of benzene rings is 1. The minimum absolute atomic E-state index is 0.0945. The molecule has 1 atom stereocenters. The van der Waals surface area contributed by atoms with Gasteiger partial charge in [-0.05, 0) is 39.0 Å². The first-order chi connectivity index (χ1) is 8.68. The van der Waals surface area contributed by atoms with Crippen molar-refractivity contribution < 1.29 is 18.4 Å². The van der Waals surface area contributed by atoms with Crippen LogP contribution in [0.25, 0.3) is 0 Å². The van der Waals surface area contributed by atoms with Gasteiger partial charge in [-0.2, -0.15) is 0 Å². The van der Waals surface area contributed by atoms with E-state index in [4.69, 9.17) is 4.55 Å². The quantitative estimate of drug-likeness (QED) is 0.679. The number of hydrogen-bond donors (Lipinski definition) is 1. The van der Waals surface area contributed by atoms with Crippen molar-refractivity contribution >= 4 is 23.3 Å². The Morgan fingerprint density at radius 2 is 1.95 bits per heavy atom. The van der Waals surface area contributed by atoms with Crippen LogP contribution in [0.15, 0.2) is 23.1 Å². The van der Waals surface area contributed by atoms with Gasteiger partial charge < -0.3 is 9.45 Å². The molecule has 0 saturated carbocycles. The van der Waals surface area contributed by atoms with Gasteiger partial charge in [-0.3, -0.25) is 9.59 Å². The summed E-state index contributed by atoms with van der Waals surface area (Å²) in [7, 11) is 1.65. The zero-order valence-electron chi connectivity index (χ0n) is 11.3. The van der Waals surface area contributed by atoms with Crippen LogP contribution in [0.1, 0.15) is 41.5 Å². The molecule has 0 aromatic heterocycles. The van der Waals surface area contributed by atoms with Crippen LogP contribution in [-0.4, -0.2) is 38.4 Å². The number of aldehydes is 1. The Labute approximate surface area is 114 Å². The number of hydrogen-bond acceptors (Lipinski definition) is 3. The SMILES string of the molecule is CN(C(=O)c1ccc(S(=O)O)cc1C=O)C(C)(C)C. The van der Waals surface area contributed by atoms with Crippen molar-refractivity contribution in [2.45, 2.75) is 31.2 Å². The molecule has 104 valence electrons. The third-order valence-electron chi connectivity index (χ3n) is 2.89. The minimum Gasteiger partial charge on any atom is -0.337 e. The molecule has 1 rings (SSSR count). The zero-order chi connectivity index (χ0) is 14.8. The summed E-state index contributed by atoms with van der Waals surface area (Å²) < 4.78 is 19.9. The van der Waals surface area contributed by atoms with Gasteiger partial charge in [0.25, 0.3) is 5.91 Å².